The maximum Gasteiger partial charge on any atom is 0.261 e. The first-order chi connectivity index (χ1) is 10.2. The van der Waals surface area contributed by atoms with Crippen molar-refractivity contribution in [3.8, 4) is 0 Å². The molecule has 0 saturated carbocycles. The van der Waals surface area contributed by atoms with Crippen molar-refractivity contribution in [1.82, 2.24) is 0 Å². The van der Waals surface area contributed by atoms with Gasteiger partial charge < -0.3 is 0 Å². The van der Waals surface area contributed by atoms with Crippen molar-refractivity contribution >= 4 is 37.5 Å². The van der Waals surface area contributed by atoms with Crippen molar-refractivity contribution in [3.63, 3.8) is 0 Å². The van der Waals surface area contributed by atoms with Crippen LogP contribution in [0.15, 0.2) is 63.2 Å². The standard InChI is InChI=1S/C13H14N2O4S3/c1-20-11-7-5-10(6-8-11)15-22(18,19)13-4-2-3-12(9-13)21(14,16)17/h2-9,15H,1H3,(H2,14,16,17). The molecule has 0 fully saturated rings. The molecule has 3 N–H and O–H groups in total. The van der Waals surface area contributed by atoms with E-state index >= 15 is 0 Å². The fourth-order valence-electron chi connectivity index (χ4n) is 1.69. The van der Waals surface area contributed by atoms with Crippen molar-refractivity contribution in [2.75, 3.05) is 11.0 Å². The summed E-state index contributed by atoms with van der Waals surface area (Å²) in [4.78, 5) is 0.570. The highest BCUT2D eigenvalue weighted by atomic mass is 32.2. The van der Waals surface area contributed by atoms with Crippen LogP contribution in [0.25, 0.3) is 0 Å². The van der Waals surface area contributed by atoms with E-state index in [0.29, 0.717) is 5.69 Å². The average Bonchev–Trinajstić information content (AvgIpc) is 2.47. The number of primary sulfonamides is 1. The number of nitrogens with one attached hydrogen (secondary N) is 1. The van der Waals surface area contributed by atoms with E-state index < -0.39 is 20.0 Å². The maximum atomic E-state index is 12.3. The summed E-state index contributed by atoms with van der Waals surface area (Å²) in [6.45, 7) is 0. The van der Waals surface area contributed by atoms with Gasteiger partial charge >= 0.3 is 0 Å². The van der Waals surface area contributed by atoms with Crippen molar-refractivity contribution in [3.05, 3.63) is 48.5 Å². The predicted molar refractivity (Wildman–Crippen MR) is 86.8 cm³/mol. The van der Waals surface area contributed by atoms with Gasteiger partial charge in [-0.3, -0.25) is 4.72 Å². The second-order valence-electron chi connectivity index (χ2n) is 4.35. The van der Waals surface area contributed by atoms with Crippen LogP contribution in [0, 0.1) is 0 Å². The van der Waals surface area contributed by atoms with Crippen LogP contribution < -0.4 is 9.86 Å². The van der Waals surface area contributed by atoms with E-state index in [0.717, 1.165) is 11.0 Å². The Morgan fingerprint density at radius 1 is 0.955 bits per heavy atom. The van der Waals surface area contributed by atoms with Gasteiger partial charge in [0, 0.05) is 10.6 Å². The number of rotatable bonds is 5. The van der Waals surface area contributed by atoms with Crippen LogP contribution in [0.1, 0.15) is 0 Å². The summed E-state index contributed by atoms with van der Waals surface area (Å²) in [5, 5.41) is 5.01. The largest absolute Gasteiger partial charge is 0.280 e. The molecule has 0 heterocycles. The molecule has 0 spiro atoms. The monoisotopic (exact) mass is 358 g/mol. The summed E-state index contributed by atoms with van der Waals surface area (Å²) < 4.78 is 49.6. The zero-order valence-electron chi connectivity index (χ0n) is 11.6. The van der Waals surface area contributed by atoms with Gasteiger partial charge in [-0.15, -0.1) is 11.8 Å². The third kappa shape index (κ3) is 4.01. The normalized spacial score (nSPS) is 12.1. The Labute approximate surface area is 133 Å². The Balaban J connectivity index is 2.34. The minimum Gasteiger partial charge on any atom is -0.280 e. The highest BCUT2D eigenvalue weighted by Gasteiger charge is 2.17. The van der Waals surface area contributed by atoms with Crippen molar-refractivity contribution in [2.24, 2.45) is 5.14 Å². The molecule has 2 aromatic rings. The predicted octanol–water partition coefficient (Wildman–Crippen LogP) is 1.86. The number of thioether (sulfide) groups is 1. The highest BCUT2D eigenvalue weighted by Crippen LogP contribution is 2.21. The molecule has 118 valence electrons. The first-order valence-electron chi connectivity index (χ1n) is 6.02. The molecule has 0 unspecified atom stereocenters. The molecule has 0 saturated heterocycles. The zero-order chi connectivity index (χ0) is 16.4. The van der Waals surface area contributed by atoms with Crippen LogP contribution in [-0.4, -0.2) is 23.1 Å². The van der Waals surface area contributed by atoms with Crippen LogP contribution in [0.3, 0.4) is 0 Å². The van der Waals surface area contributed by atoms with Crippen molar-refractivity contribution in [1.29, 1.82) is 0 Å². The summed E-state index contributed by atoms with van der Waals surface area (Å²) in [5.74, 6) is 0. The number of hydrogen-bond donors (Lipinski definition) is 2. The van der Waals surface area contributed by atoms with Gasteiger partial charge in [-0.1, -0.05) is 6.07 Å². The molecule has 0 aliphatic heterocycles. The van der Waals surface area contributed by atoms with E-state index in [1.54, 1.807) is 24.3 Å². The zero-order valence-corrected chi connectivity index (χ0v) is 14.0. The molecule has 0 atom stereocenters. The molecule has 9 heteroatoms. The Hall–Kier alpha value is -1.55. The molecule has 0 amide bonds. The molecule has 0 aliphatic rings. The van der Waals surface area contributed by atoms with E-state index in [2.05, 4.69) is 4.72 Å². The Morgan fingerprint density at radius 3 is 2.09 bits per heavy atom. The lowest BCUT2D eigenvalue weighted by Crippen LogP contribution is -2.16. The summed E-state index contributed by atoms with van der Waals surface area (Å²) >= 11 is 1.54. The lowest BCUT2D eigenvalue weighted by Gasteiger charge is -2.09. The van der Waals surface area contributed by atoms with E-state index in [1.807, 2.05) is 6.26 Å². The molecule has 6 nitrogen and oxygen atoms in total. The molecule has 0 bridgehead atoms. The number of benzene rings is 2. The van der Waals surface area contributed by atoms with Crippen LogP contribution >= 0.6 is 11.8 Å². The average molecular weight is 358 g/mol. The van der Waals surface area contributed by atoms with E-state index in [-0.39, 0.29) is 9.79 Å². The van der Waals surface area contributed by atoms with Crippen molar-refractivity contribution < 1.29 is 16.8 Å². The van der Waals surface area contributed by atoms with Gasteiger partial charge in [-0.25, -0.2) is 22.0 Å². The van der Waals surface area contributed by atoms with Gasteiger partial charge in [0.05, 0.1) is 9.79 Å². The highest BCUT2D eigenvalue weighted by molar-refractivity contribution is 7.98. The Morgan fingerprint density at radius 2 is 1.55 bits per heavy atom. The molecule has 2 aromatic carbocycles. The van der Waals surface area contributed by atoms with Crippen LogP contribution in [0.5, 0.6) is 0 Å². The van der Waals surface area contributed by atoms with Crippen LogP contribution in [0.4, 0.5) is 5.69 Å². The third-order valence-corrected chi connectivity index (χ3v) is 5.82. The molecule has 0 aromatic heterocycles. The summed E-state index contributed by atoms with van der Waals surface area (Å²) in [5.41, 5.74) is 0.388. The topological polar surface area (TPSA) is 106 Å². The van der Waals surface area contributed by atoms with Gasteiger partial charge in [0.15, 0.2) is 0 Å². The lowest BCUT2D eigenvalue weighted by atomic mass is 10.3. The molecule has 0 aliphatic carbocycles. The fourth-order valence-corrected chi connectivity index (χ4v) is 3.84. The Kier molecular flexibility index (Phi) is 4.81. The summed E-state index contributed by atoms with van der Waals surface area (Å²) in [6.07, 6.45) is 1.91. The number of nitrogens with two attached hydrogens (primary N) is 1. The first-order valence-corrected chi connectivity index (χ1v) is 10.3. The van der Waals surface area contributed by atoms with Gasteiger partial charge in [0.25, 0.3) is 10.0 Å². The van der Waals surface area contributed by atoms with E-state index in [4.69, 9.17) is 5.14 Å². The first kappa shape index (κ1) is 16.8. The van der Waals surface area contributed by atoms with Crippen LogP contribution in [-0.2, 0) is 20.0 Å². The van der Waals surface area contributed by atoms with Crippen LogP contribution in [0.2, 0.25) is 0 Å². The molecule has 22 heavy (non-hydrogen) atoms. The molecule has 2 rings (SSSR count). The van der Waals surface area contributed by atoms with Gasteiger partial charge in [-0.2, -0.15) is 0 Å². The van der Waals surface area contributed by atoms with E-state index in [1.165, 1.54) is 30.0 Å². The number of hydrogen-bond acceptors (Lipinski definition) is 5. The molecule has 0 radical (unpaired) electrons. The second kappa shape index (κ2) is 6.29. The quantitative estimate of drug-likeness (QED) is 0.794. The fraction of sp³-hybridized carbons (Fsp3) is 0.0769. The smallest absolute Gasteiger partial charge is 0.261 e. The minimum absolute atomic E-state index is 0.173. The van der Waals surface area contributed by atoms with Gasteiger partial charge in [-0.05, 0) is 48.7 Å². The summed E-state index contributed by atoms with van der Waals surface area (Å²) in [7, 11) is -7.85. The van der Waals surface area contributed by atoms with Crippen molar-refractivity contribution in [2.45, 2.75) is 14.7 Å². The molecular formula is C13H14N2O4S3. The molecular weight excluding hydrogens is 344 g/mol. The van der Waals surface area contributed by atoms with Gasteiger partial charge in [0.1, 0.15) is 0 Å². The summed E-state index contributed by atoms with van der Waals surface area (Å²) in [6, 6.07) is 11.7. The SMILES string of the molecule is CSc1ccc(NS(=O)(=O)c2cccc(S(N)(=O)=O)c2)cc1. The minimum atomic E-state index is -3.96. The Bertz CT molecular complexity index is 876. The third-order valence-electron chi connectivity index (χ3n) is 2.79. The number of sulfonamides is 2. The van der Waals surface area contributed by atoms with Gasteiger partial charge in [0.2, 0.25) is 10.0 Å². The maximum absolute atomic E-state index is 12.3. The second-order valence-corrected chi connectivity index (χ2v) is 8.48. The number of anilines is 1. The lowest BCUT2D eigenvalue weighted by molar-refractivity contribution is 0.597. The van der Waals surface area contributed by atoms with E-state index in [9.17, 15) is 16.8 Å².